The molecule has 7 heteroatoms. The minimum Gasteiger partial charge on any atom is -0.478 e. The maximum absolute atomic E-state index is 12.1. The summed E-state index contributed by atoms with van der Waals surface area (Å²) in [5.41, 5.74) is 0.632. The molecular formula is C14H15NO5S. The van der Waals surface area contributed by atoms with E-state index in [1.54, 1.807) is 19.1 Å². The van der Waals surface area contributed by atoms with Crippen LogP contribution in [-0.4, -0.2) is 19.5 Å². The number of nitrogens with one attached hydrogen (secondary N) is 1. The van der Waals surface area contributed by atoms with E-state index in [-0.39, 0.29) is 11.3 Å². The Morgan fingerprint density at radius 1 is 1.29 bits per heavy atom. The fourth-order valence-corrected chi connectivity index (χ4v) is 3.24. The lowest BCUT2D eigenvalue weighted by molar-refractivity contribution is 0.0697. The lowest BCUT2D eigenvalue weighted by atomic mass is 10.1. The van der Waals surface area contributed by atoms with Crippen molar-refractivity contribution in [3.63, 3.8) is 0 Å². The van der Waals surface area contributed by atoms with Crippen LogP contribution in [0.2, 0.25) is 0 Å². The van der Waals surface area contributed by atoms with E-state index >= 15 is 0 Å². The molecule has 0 spiro atoms. The van der Waals surface area contributed by atoms with Crippen molar-refractivity contribution in [2.45, 2.75) is 18.7 Å². The second-order valence-electron chi connectivity index (χ2n) is 4.62. The van der Waals surface area contributed by atoms with Gasteiger partial charge in [0.2, 0.25) is 10.0 Å². The Balaban J connectivity index is 2.05. The molecule has 6 nitrogen and oxygen atoms in total. The van der Waals surface area contributed by atoms with Gasteiger partial charge in [-0.05, 0) is 36.8 Å². The number of carboxylic acid groups (broad SMARTS) is 1. The van der Waals surface area contributed by atoms with Crippen molar-refractivity contribution in [2.75, 3.05) is 0 Å². The van der Waals surface area contributed by atoms with Crippen LogP contribution in [0.15, 0.2) is 47.1 Å². The molecule has 0 aliphatic rings. The molecule has 1 aromatic heterocycles. The van der Waals surface area contributed by atoms with E-state index in [9.17, 15) is 13.2 Å². The summed E-state index contributed by atoms with van der Waals surface area (Å²) >= 11 is 0. The van der Waals surface area contributed by atoms with Crippen molar-refractivity contribution in [3.05, 3.63) is 59.5 Å². The van der Waals surface area contributed by atoms with Crippen LogP contribution in [0.4, 0.5) is 0 Å². The molecule has 1 aromatic carbocycles. The number of benzene rings is 1. The summed E-state index contributed by atoms with van der Waals surface area (Å²) in [4.78, 5) is 10.7. The Hall–Kier alpha value is -2.12. The van der Waals surface area contributed by atoms with Crippen molar-refractivity contribution >= 4 is 16.0 Å². The van der Waals surface area contributed by atoms with Crippen molar-refractivity contribution in [3.8, 4) is 0 Å². The fraction of sp³-hybridized carbons (Fsp3) is 0.214. The summed E-state index contributed by atoms with van der Waals surface area (Å²) in [5.74, 6) is -0.744. The minimum absolute atomic E-state index is 0.119. The summed E-state index contributed by atoms with van der Waals surface area (Å²) in [7, 11) is -3.55. The van der Waals surface area contributed by atoms with Gasteiger partial charge in [-0.1, -0.05) is 12.1 Å². The number of hydrogen-bond acceptors (Lipinski definition) is 4. The highest BCUT2D eigenvalue weighted by molar-refractivity contribution is 7.88. The van der Waals surface area contributed by atoms with Gasteiger partial charge < -0.3 is 9.52 Å². The number of furan rings is 1. The van der Waals surface area contributed by atoms with Gasteiger partial charge in [0.1, 0.15) is 5.76 Å². The number of carboxylic acids is 1. The molecule has 1 heterocycles. The van der Waals surface area contributed by atoms with Gasteiger partial charge in [0.15, 0.2) is 0 Å². The van der Waals surface area contributed by atoms with E-state index in [0.717, 1.165) is 0 Å². The number of sulfonamides is 1. The highest BCUT2D eigenvalue weighted by atomic mass is 32.2. The number of hydrogen-bond donors (Lipinski definition) is 2. The van der Waals surface area contributed by atoms with Crippen LogP contribution in [0.1, 0.15) is 34.6 Å². The van der Waals surface area contributed by atoms with Gasteiger partial charge in [0, 0.05) is 0 Å². The van der Waals surface area contributed by atoms with Crippen LogP contribution in [0.25, 0.3) is 0 Å². The van der Waals surface area contributed by atoms with Gasteiger partial charge in [0.05, 0.1) is 23.6 Å². The maximum Gasteiger partial charge on any atom is 0.335 e. The Kier molecular flexibility index (Phi) is 4.44. The molecule has 2 rings (SSSR count). The van der Waals surface area contributed by atoms with Crippen molar-refractivity contribution in [1.29, 1.82) is 0 Å². The Morgan fingerprint density at radius 3 is 2.48 bits per heavy atom. The summed E-state index contributed by atoms with van der Waals surface area (Å²) < 4.78 is 31.8. The van der Waals surface area contributed by atoms with E-state index < -0.39 is 22.0 Å². The van der Waals surface area contributed by atoms with E-state index in [1.807, 2.05) is 0 Å². The van der Waals surface area contributed by atoms with Crippen molar-refractivity contribution < 1.29 is 22.7 Å². The highest BCUT2D eigenvalue weighted by Gasteiger charge is 2.18. The molecule has 0 saturated carbocycles. The number of aromatic carboxylic acids is 1. The number of rotatable bonds is 6. The fourth-order valence-electron chi connectivity index (χ4n) is 1.87. The van der Waals surface area contributed by atoms with E-state index in [2.05, 4.69) is 4.72 Å². The van der Waals surface area contributed by atoms with Gasteiger partial charge in [0.25, 0.3) is 0 Å². The topological polar surface area (TPSA) is 96.6 Å². The highest BCUT2D eigenvalue weighted by Crippen LogP contribution is 2.15. The SMILES string of the molecule is CC(NS(=O)(=O)Cc1ccc(C(=O)O)cc1)c1ccco1. The molecule has 1 atom stereocenters. The molecule has 1 unspecified atom stereocenters. The zero-order chi connectivity index (χ0) is 15.5. The standard InChI is InChI=1S/C14H15NO5S/c1-10(13-3-2-8-20-13)15-21(18,19)9-11-4-6-12(7-5-11)14(16)17/h2-8,10,15H,9H2,1H3,(H,16,17). The number of carbonyl (C=O) groups is 1. The average Bonchev–Trinajstić information content (AvgIpc) is 2.92. The van der Waals surface area contributed by atoms with Gasteiger partial charge in [-0.25, -0.2) is 17.9 Å². The summed E-state index contributed by atoms with van der Waals surface area (Å²) in [6.07, 6.45) is 1.48. The molecule has 0 aliphatic carbocycles. The van der Waals surface area contributed by atoms with Gasteiger partial charge in [-0.2, -0.15) is 0 Å². The summed E-state index contributed by atoms with van der Waals surface area (Å²) in [5, 5.41) is 8.79. The second kappa shape index (κ2) is 6.11. The molecule has 112 valence electrons. The molecule has 0 fully saturated rings. The van der Waals surface area contributed by atoms with E-state index in [1.165, 1.54) is 30.5 Å². The lowest BCUT2D eigenvalue weighted by Gasteiger charge is -2.12. The van der Waals surface area contributed by atoms with Crippen LogP contribution in [0, 0.1) is 0 Å². The second-order valence-corrected chi connectivity index (χ2v) is 6.37. The monoisotopic (exact) mass is 309 g/mol. The smallest absolute Gasteiger partial charge is 0.335 e. The van der Waals surface area contributed by atoms with Crippen LogP contribution in [0.3, 0.4) is 0 Å². The zero-order valence-electron chi connectivity index (χ0n) is 11.3. The molecule has 0 aliphatic heterocycles. The van der Waals surface area contributed by atoms with Crippen molar-refractivity contribution in [2.24, 2.45) is 0 Å². The summed E-state index contributed by atoms with van der Waals surface area (Å²) in [6, 6.07) is 8.63. The Labute approximate surface area is 122 Å². The van der Waals surface area contributed by atoms with E-state index in [4.69, 9.17) is 9.52 Å². The largest absolute Gasteiger partial charge is 0.478 e. The molecule has 0 radical (unpaired) electrons. The first-order chi connectivity index (χ1) is 9.87. The Morgan fingerprint density at radius 2 is 1.95 bits per heavy atom. The predicted octanol–water partition coefficient (Wildman–Crippen LogP) is 2.16. The van der Waals surface area contributed by atoms with Crippen LogP contribution < -0.4 is 4.72 Å². The third-order valence-electron chi connectivity index (χ3n) is 2.88. The van der Waals surface area contributed by atoms with Crippen molar-refractivity contribution in [1.82, 2.24) is 4.72 Å². The normalized spacial score (nSPS) is 13.0. The molecule has 0 bridgehead atoms. The quantitative estimate of drug-likeness (QED) is 0.852. The van der Waals surface area contributed by atoms with E-state index in [0.29, 0.717) is 11.3 Å². The van der Waals surface area contributed by atoms with Crippen LogP contribution in [-0.2, 0) is 15.8 Å². The first-order valence-electron chi connectivity index (χ1n) is 6.23. The van der Waals surface area contributed by atoms with Gasteiger partial charge >= 0.3 is 5.97 Å². The zero-order valence-corrected chi connectivity index (χ0v) is 12.1. The molecule has 2 N–H and O–H groups in total. The molecular weight excluding hydrogens is 294 g/mol. The van der Waals surface area contributed by atoms with Gasteiger partial charge in [-0.15, -0.1) is 0 Å². The maximum atomic E-state index is 12.1. The van der Waals surface area contributed by atoms with Gasteiger partial charge in [-0.3, -0.25) is 0 Å². The first-order valence-corrected chi connectivity index (χ1v) is 7.88. The Bertz CT molecular complexity index is 704. The summed E-state index contributed by atoms with van der Waals surface area (Å²) in [6.45, 7) is 1.68. The molecule has 0 saturated heterocycles. The average molecular weight is 309 g/mol. The van der Waals surface area contributed by atoms with Crippen LogP contribution in [0.5, 0.6) is 0 Å². The predicted molar refractivity (Wildman–Crippen MR) is 76.3 cm³/mol. The molecule has 21 heavy (non-hydrogen) atoms. The lowest BCUT2D eigenvalue weighted by Crippen LogP contribution is -2.27. The van der Waals surface area contributed by atoms with Crippen LogP contribution >= 0.6 is 0 Å². The third-order valence-corrected chi connectivity index (χ3v) is 4.31. The third kappa shape index (κ3) is 4.17. The molecule has 0 amide bonds. The minimum atomic E-state index is -3.55. The molecule has 2 aromatic rings. The first kappa shape index (κ1) is 15.3.